The Morgan fingerprint density at radius 1 is 1.19 bits per heavy atom. The third-order valence-electron chi connectivity index (χ3n) is 6.80. The molecule has 1 aliphatic rings. The zero-order valence-corrected chi connectivity index (χ0v) is 21.6. The molecule has 4 aromatic rings. The molecule has 0 saturated heterocycles. The van der Waals surface area contributed by atoms with Crippen LogP contribution in [0.25, 0.3) is 16.7 Å². The number of ether oxygens (including phenoxy) is 1. The molecule has 0 spiro atoms. The smallest absolute Gasteiger partial charge is 0.418 e. The van der Waals surface area contributed by atoms with Gasteiger partial charge in [-0.2, -0.15) is 29.6 Å². The van der Waals surface area contributed by atoms with Crippen LogP contribution in [0, 0.1) is 0 Å². The van der Waals surface area contributed by atoms with Crippen molar-refractivity contribution in [3.63, 3.8) is 0 Å². The van der Waals surface area contributed by atoms with E-state index < -0.39 is 30.2 Å². The Morgan fingerprint density at radius 3 is 2.70 bits per heavy atom. The van der Waals surface area contributed by atoms with Crippen molar-refractivity contribution in [2.45, 2.75) is 57.2 Å². The molecule has 1 aliphatic heterocycles. The van der Waals surface area contributed by atoms with Gasteiger partial charge in [-0.05, 0) is 28.8 Å². The summed E-state index contributed by atoms with van der Waals surface area (Å²) in [5.74, 6) is 1.28. The number of fused-ring (bicyclic) bond motifs is 2. The van der Waals surface area contributed by atoms with Crippen LogP contribution in [0.1, 0.15) is 44.1 Å². The lowest BCUT2D eigenvalue weighted by Crippen LogP contribution is -2.53. The van der Waals surface area contributed by atoms with E-state index in [1.807, 2.05) is 35.9 Å². The minimum absolute atomic E-state index is 0.202. The minimum atomic E-state index is -4.89. The number of hydrogen-bond acceptors (Lipinski definition) is 7. The summed E-state index contributed by atoms with van der Waals surface area (Å²) in [5.41, 5.74) is -1.15. The second-order valence-electron chi connectivity index (χ2n) is 9.95. The maximum absolute atomic E-state index is 14.4. The molecule has 37 heavy (non-hydrogen) atoms. The summed E-state index contributed by atoms with van der Waals surface area (Å²) < 4.78 is 50.6. The molecule has 1 atom stereocenters. The van der Waals surface area contributed by atoms with E-state index in [1.54, 1.807) is 24.6 Å². The number of halogens is 3. The summed E-state index contributed by atoms with van der Waals surface area (Å²) in [5, 5.41) is 22.6. The highest BCUT2D eigenvalue weighted by molar-refractivity contribution is 7.08. The van der Waals surface area contributed by atoms with Crippen LogP contribution in [-0.4, -0.2) is 49.8 Å². The first-order valence-electron chi connectivity index (χ1n) is 12.1. The molecule has 0 fully saturated rings. The Hall–Kier alpha value is -3.18. The molecule has 0 bridgehead atoms. The van der Waals surface area contributed by atoms with Crippen LogP contribution in [0.4, 0.5) is 19.0 Å². The fraction of sp³-hybridized carbons (Fsp3) is 0.423. The number of alkyl halides is 3. The Morgan fingerprint density at radius 2 is 2.00 bits per heavy atom. The van der Waals surface area contributed by atoms with E-state index in [4.69, 9.17) is 4.74 Å². The third-order valence-corrected chi connectivity index (χ3v) is 7.47. The number of aromatic nitrogens is 4. The van der Waals surface area contributed by atoms with Gasteiger partial charge in [0.25, 0.3) is 0 Å². The lowest BCUT2D eigenvalue weighted by molar-refractivity contribution is -0.260. The van der Waals surface area contributed by atoms with Crippen LogP contribution in [0.5, 0.6) is 5.75 Å². The average Bonchev–Trinajstić information content (AvgIpc) is 3.61. The van der Waals surface area contributed by atoms with Gasteiger partial charge in [-0.1, -0.05) is 39.0 Å². The van der Waals surface area contributed by atoms with Gasteiger partial charge < -0.3 is 15.2 Å². The zero-order valence-electron chi connectivity index (χ0n) is 20.8. The van der Waals surface area contributed by atoms with E-state index in [9.17, 15) is 18.3 Å². The van der Waals surface area contributed by atoms with Crippen LogP contribution in [-0.2, 0) is 18.3 Å². The van der Waals surface area contributed by atoms with Gasteiger partial charge in [0.2, 0.25) is 0 Å². The van der Waals surface area contributed by atoms with Crippen molar-refractivity contribution in [2.75, 3.05) is 18.5 Å². The molecular weight excluding hydrogens is 503 g/mol. The van der Waals surface area contributed by atoms with Crippen molar-refractivity contribution in [2.24, 2.45) is 0 Å². The predicted molar refractivity (Wildman–Crippen MR) is 137 cm³/mol. The normalized spacial score (nSPS) is 15.4. The second kappa shape index (κ2) is 9.29. The molecule has 3 aromatic heterocycles. The van der Waals surface area contributed by atoms with Gasteiger partial charge in [-0.25, -0.2) is 14.6 Å². The summed E-state index contributed by atoms with van der Waals surface area (Å²) in [6, 6.07) is 7.40. The number of aryl methyl sites for hydroxylation is 1. The lowest BCUT2D eigenvalue weighted by atomic mass is 9.74. The summed E-state index contributed by atoms with van der Waals surface area (Å²) in [7, 11) is 0. The molecule has 0 aliphatic carbocycles. The predicted octanol–water partition coefficient (Wildman–Crippen LogP) is 5.45. The fourth-order valence-electron chi connectivity index (χ4n) is 4.88. The Kier molecular flexibility index (Phi) is 6.39. The summed E-state index contributed by atoms with van der Waals surface area (Å²) in [6.45, 7) is 4.98. The van der Waals surface area contributed by atoms with Crippen LogP contribution in [0.3, 0.4) is 0 Å². The number of nitrogens with zero attached hydrogens (tertiary/aromatic N) is 4. The van der Waals surface area contributed by atoms with Gasteiger partial charge in [-0.3, -0.25) is 0 Å². The van der Waals surface area contributed by atoms with E-state index in [0.29, 0.717) is 47.6 Å². The molecule has 11 heteroatoms. The standard InChI is InChI=1S/C26H28F3N5O2S/c1-4-20-32-22(18-12-31-34(23(18)33-20)17-9-11-37-13-17)30-15-25(35,26(27,28)29)14-24(2,3)19-7-5-6-16-8-10-36-21(16)19/h5-7,9,11-13,35H,4,8,10,14-15H2,1-3H3,(H,30,32,33). The zero-order chi connectivity index (χ0) is 26.4. The van der Waals surface area contributed by atoms with E-state index in [-0.39, 0.29) is 5.82 Å². The lowest BCUT2D eigenvalue weighted by Gasteiger charge is -2.38. The van der Waals surface area contributed by atoms with E-state index in [1.165, 1.54) is 17.5 Å². The van der Waals surface area contributed by atoms with Crippen molar-refractivity contribution in [3.05, 3.63) is 58.2 Å². The van der Waals surface area contributed by atoms with Gasteiger partial charge in [0.1, 0.15) is 17.4 Å². The SMILES string of the molecule is CCc1nc(NCC(O)(CC(C)(C)c2cccc3c2OCC3)C(F)(F)F)c2cnn(-c3ccsc3)c2n1. The van der Waals surface area contributed by atoms with Gasteiger partial charge in [0.05, 0.1) is 30.4 Å². The molecule has 7 nitrogen and oxygen atoms in total. The summed E-state index contributed by atoms with van der Waals surface area (Å²) >= 11 is 1.50. The number of para-hydroxylation sites is 1. The number of aliphatic hydroxyl groups is 1. The maximum atomic E-state index is 14.4. The molecule has 0 amide bonds. The first kappa shape index (κ1) is 25.5. The Labute approximate surface area is 216 Å². The van der Waals surface area contributed by atoms with Gasteiger partial charge >= 0.3 is 6.18 Å². The largest absolute Gasteiger partial charge is 0.493 e. The van der Waals surface area contributed by atoms with Crippen molar-refractivity contribution in [1.29, 1.82) is 0 Å². The molecule has 2 N–H and O–H groups in total. The van der Waals surface area contributed by atoms with Crippen LogP contribution < -0.4 is 10.1 Å². The number of nitrogens with one attached hydrogen (secondary N) is 1. The summed E-state index contributed by atoms with van der Waals surface area (Å²) in [4.78, 5) is 8.98. The highest BCUT2D eigenvalue weighted by Crippen LogP contribution is 2.45. The van der Waals surface area contributed by atoms with Crippen molar-refractivity contribution in [1.82, 2.24) is 19.7 Å². The van der Waals surface area contributed by atoms with Crippen molar-refractivity contribution < 1.29 is 23.0 Å². The van der Waals surface area contributed by atoms with Crippen LogP contribution in [0.2, 0.25) is 0 Å². The van der Waals surface area contributed by atoms with E-state index in [2.05, 4.69) is 20.4 Å². The third kappa shape index (κ3) is 4.66. The average molecular weight is 532 g/mol. The van der Waals surface area contributed by atoms with Gasteiger partial charge in [-0.15, -0.1) is 0 Å². The number of rotatable bonds is 8. The van der Waals surface area contributed by atoms with Crippen molar-refractivity contribution >= 4 is 28.2 Å². The first-order chi connectivity index (χ1) is 17.5. The maximum Gasteiger partial charge on any atom is 0.418 e. The Bertz CT molecular complexity index is 1420. The minimum Gasteiger partial charge on any atom is -0.493 e. The van der Waals surface area contributed by atoms with E-state index >= 15 is 0 Å². The first-order valence-corrected chi connectivity index (χ1v) is 13.0. The highest BCUT2D eigenvalue weighted by atomic mass is 32.1. The monoisotopic (exact) mass is 531 g/mol. The van der Waals surface area contributed by atoms with Crippen LogP contribution >= 0.6 is 11.3 Å². The Balaban J connectivity index is 1.47. The highest BCUT2D eigenvalue weighted by Gasteiger charge is 2.56. The molecular formula is C26H28F3N5O2S. The molecule has 0 saturated carbocycles. The second-order valence-corrected chi connectivity index (χ2v) is 10.7. The van der Waals surface area contributed by atoms with Gasteiger partial charge in [0.15, 0.2) is 11.2 Å². The van der Waals surface area contributed by atoms with Gasteiger partial charge in [0, 0.05) is 23.8 Å². The van der Waals surface area contributed by atoms with Crippen LogP contribution in [0.15, 0.2) is 41.2 Å². The number of hydrogen-bond donors (Lipinski definition) is 2. The molecule has 1 aromatic carbocycles. The molecule has 1 unspecified atom stereocenters. The number of anilines is 1. The quantitative estimate of drug-likeness (QED) is 0.315. The molecule has 0 radical (unpaired) electrons. The van der Waals surface area contributed by atoms with E-state index in [0.717, 1.165) is 11.3 Å². The topological polar surface area (TPSA) is 85.1 Å². The van der Waals surface area contributed by atoms with Crippen molar-refractivity contribution in [3.8, 4) is 11.4 Å². The number of thiophene rings is 1. The molecule has 196 valence electrons. The summed E-state index contributed by atoms with van der Waals surface area (Å²) in [6.07, 6.45) is -2.74. The fourth-order valence-corrected chi connectivity index (χ4v) is 5.49. The molecule has 4 heterocycles. The number of benzene rings is 1. The molecule has 5 rings (SSSR count).